The van der Waals surface area contributed by atoms with Gasteiger partial charge in [-0.15, -0.1) is 11.3 Å². The summed E-state index contributed by atoms with van der Waals surface area (Å²) in [7, 11) is 0. The molecule has 0 atom stereocenters. The van der Waals surface area contributed by atoms with E-state index < -0.39 is 0 Å². The van der Waals surface area contributed by atoms with Gasteiger partial charge in [-0.1, -0.05) is 0 Å². The maximum Gasteiger partial charge on any atom is 0.187 e. The lowest BCUT2D eigenvalue weighted by molar-refractivity contribution is -0.178. The van der Waals surface area contributed by atoms with Crippen LogP contribution in [0.15, 0.2) is 15.9 Å². The fourth-order valence-corrected chi connectivity index (χ4v) is 4.35. The van der Waals surface area contributed by atoms with E-state index in [1.807, 2.05) is 11.4 Å². The van der Waals surface area contributed by atoms with Gasteiger partial charge in [0, 0.05) is 17.6 Å². The number of rotatable bonds is 3. The maximum absolute atomic E-state index is 12.3. The molecule has 1 aliphatic heterocycles. The maximum atomic E-state index is 12.3. The lowest BCUT2D eigenvalue weighted by Crippen LogP contribution is -2.57. The van der Waals surface area contributed by atoms with Gasteiger partial charge in [-0.25, -0.2) is 0 Å². The molecule has 0 spiro atoms. The standard InChI is InChI=1S/C14H20BrNO2S/c1-13(2)8-16(9-14(3,4)18-13)7-11(17)12-10(15)5-6-19-12/h5-6H,7-9H2,1-4H3. The smallest absolute Gasteiger partial charge is 0.187 e. The molecular weight excluding hydrogens is 326 g/mol. The van der Waals surface area contributed by atoms with Gasteiger partial charge in [0.25, 0.3) is 0 Å². The SMILES string of the molecule is CC1(C)CN(CC(=O)c2sccc2Br)CC(C)(C)O1. The number of Topliss-reactive ketones (excluding diaryl/α,β-unsaturated/α-hetero) is 1. The van der Waals surface area contributed by atoms with E-state index in [1.165, 1.54) is 11.3 Å². The molecule has 0 unspecified atom stereocenters. The van der Waals surface area contributed by atoms with E-state index in [2.05, 4.69) is 48.5 Å². The molecule has 0 radical (unpaired) electrons. The summed E-state index contributed by atoms with van der Waals surface area (Å²) in [5.41, 5.74) is -0.427. The first-order chi connectivity index (χ1) is 8.69. The van der Waals surface area contributed by atoms with Gasteiger partial charge in [-0.2, -0.15) is 0 Å². The number of hydrogen-bond acceptors (Lipinski definition) is 4. The van der Waals surface area contributed by atoms with Crippen LogP contribution in [0.4, 0.5) is 0 Å². The fourth-order valence-electron chi connectivity index (χ4n) is 2.82. The fraction of sp³-hybridized carbons (Fsp3) is 0.643. The molecule has 3 nitrogen and oxygen atoms in total. The Morgan fingerprint density at radius 3 is 2.42 bits per heavy atom. The van der Waals surface area contributed by atoms with E-state index in [4.69, 9.17) is 4.74 Å². The first-order valence-corrected chi connectivity index (χ1v) is 8.05. The predicted molar refractivity (Wildman–Crippen MR) is 82.0 cm³/mol. The zero-order valence-electron chi connectivity index (χ0n) is 11.8. The lowest BCUT2D eigenvalue weighted by Gasteiger charge is -2.47. The average Bonchev–Trinajstić information content (AvgIpc) is 2.58. The summed E-state index contributed by atoms with van der Waals surface area (Å²) in [6.45, 7) is 10.3. The van der Waals surface area contributed by atoms with Crippen molar-refractivity contribution in [2.45, 2.75) is 38.9 Å². The first-order valence-electron chi connectivity index (χ1n) is 6.37. The highest BCUT2D eigenvalue weighted by molar-refractivity contribution is 9.10. The highest BCUT2D eigenvalue weighted by Gasteiger charge is 2.38. The van der Waals surface area contributed by atoms with E-state index in [1.54, 1.807) is 0 Å². The van der Waals surface area contributed by atoms with Crippen LogP contribution in [0.3, 0.4) is 0 Å². The molecule has 106 valence electrons. The van der Waals surface area contributed by atoms with Gasteiger partial charge in [0.2, 0.25) is 0 Å². The summed E-state index contributed by atoms with van der Waals surface area (Å²) < 4.78 is 6.93. The summed E-state index contributed by atoms with van der Waals surface area (Å²) in [4.78, 5) is 15.3. The van der Waals surface area contributed by atoms with Gasteiger partial charge in [0.05, 0.1) is 22.6 Å². The molecule has 1 fully saturated rings. The quantitative estimate of drug-likeness (QED) is 0.784. The minimum atomic E-state index is -0.214. The van der Waals surface area contributed by atoms with Crippen LogP contribution in [0.5, 0.6) is 0 Å². The first kappa shape index (κ1) is 15.2. The Labute approximate surface area is 127 Å². The Morgan fingerprint density at radius 1 is 1.37 bits per heavy atom. The van der Waals surface area contributed by atoms with Gasteiger partial charge >= 0.3 is 0 Å². The topological polar surface area (TPSA) is 29.5 Å². The molecule has 0 amide bonds. The van der Waals surface area contributed by atoms with Gasteiger partial charge < -0.3 is 4.74 Å². The van der Waals surface area contributed by atoms with E-state index in [9.17, 15) is 4.79 Å². The third-order valence-corrected chi connectivity index (χ3v) is 4.88. The number of thiophene rings is 1. The van der Waals surface area contributed by atoms with Crippen molar-refractivity contribution in [3.05, 3.63) is 20.8 Å². The minimum Gasteiger partial charge on any atom is -0.367 e. The second kappa shape index (κ2) is 5.28. The second-order valence-electron chi connectivity index (χ2n) is 6.29. The molecule has 0 aliphatic carbocycles. The largest absolute Gasteiger partial charge is 0.367 e. The molecule has 19 heavy (non-hydrogen) atoms. The zero-order valence-corrected chi connectivity index (χ0v) is 14.2. The van der Waals surface area contributed by atoms with Gasteiger partial charge in [0.1, 0.15) is 0 Å². The van der Waals surface area contributed by atoms with Crippen molar-refractivity contribution in [2.24, 2.45) is 0 Å². The number of hydrogen-bond donors (Lipinski definition) is 0. The van der Waals surface area contributed by atoms with Crippen LogP contribution in [0.2, 0.25) is 0 Å². The summed E-state index contributed by atoms with van der Waals surface area (Å²) in [6.07, 6.45) is 0. The van der Waals surface area contributed by atoms with Crippen molar-refractivity contribution in [2.75, 3.05) is 19.6 Å². The van der Waals surface area contributed by atoms with Crippen molar-refractivity contribution < 1.29 is 9.53 Å². The van der Waals surface area contributed by atoms with E-state index in [-0.39, 0.29) is 17.0 Å². The van der Waals surface area contributed by atoms with Crippen molar-refractivity contribution in [3.8, 4) is 0 Å². The lowest BCUT2D eigenvalue weighted by atomic mass is 9.98. The van der Waals surface area contributed by atoms with E-state index in [0.29, 0.717) is 6.54 Å². The molecule has 2 heterocycles. The number of nitrogens with zero attached hydrogens (tertiary/aromatic N) is 1. The summed E-state index contributed by atoms with van der Waals surface area (Å²) in [5.74, 6) is 0.176. The van der Waals surface area contributed by atoms with Gasteiger partial charge in [0.15, 0.2) is 5.78 Å². The zero-order chi connectivity index (χ0) is 14.3. The molecule has 1 saturated heterocycles. The molecule has 0 N–H and O–H groups in total. The Hall–Kier alpha value is -0.230. The molecular formula is C14H20BrNO2S. The Morgan fingerprint density at radius 2 is 1.95 bits per heavy atom. The predicted octanol–water partition coefficient (Wildman–Crippen LogP) is 3.58. The van der Waals surface area contributed by atoms with E-state index >= 15 is 0 Å². The third kappa shape index (κ3) is 3.88. The minimum absolute atomic E-state index is 0.176. The highest BCUT2D eigenvalue weighted by atomic mass is 79.9. The normalized spacial score (nSPS) is 22.4. The van der Waals surface area contributed by atoms with Crippen molar-refractivity contribution in [1.82, 2.24) is 4.90 Å². The number of ether oxygens (including phenoxy) is 1. The molecule has 0 saturated carbocycles. The van der Waals surface area contributed by atoms with Gasteiger partial charge in [-0.05, 0) is 55.1 Å². The van der Waals surface area contributed by atoms with Crippen LogP contribution in [0.1, 0.15) is 37.4 Å². The molecule has 2 rings (SSSR count). The molecule has 0 bridgehead atoms. The molecule has 1 aromatic heterocycles. The molecule has 0 aromatic carbocycles. The monoisotopic (exact) mass is 345 g/mol. The number of carbonyl (C=O) groups excluding carboxylic acids is 1. The Balaban J connectivity index is 2.07. The molecule has 1 aliphatic rings. The van der Waals surface area contributed by atoms with Crippen molar-refractivity contribution in [1.29, 1.82) is 0 Å². The summed E-state index contributed by atoms with van der Waals surface area (Å²) in [6, 6.07) is 1.92. The van der Waals surface area contributed by atoms with Gasteiger partial charge in [-0.3, -0.25) is 9.69 Å². The number of halogens is 1. The van der Waals surface area contributed by atoms with Crippen LogP contribution in [0.25, 0.3) is 0 Å². The van der Waals surface area contributed by atoms with E-state index in [0.717, 1.165) is 22.4 Å². The number of ketones is 1. The van der Waals surface area contributed by atoms with Crippen LogP contribution in [-0.4, -0.2) is 41.5 Å². The van der Waals surface area contributed by atoms with Crippen LogP contribution >= 0.6 is 27.3 Å². The Kier molecular flexibility index (Phi) is 4.21. The average molecular weight is 346 g/mol. The van der Waals surface area contributed by atoms with Crippen LogP contribution < -0.4 is 0 Å². The highest BCUT2D eigenvalue weighted by Crippen LogP contribution is 2.29. The third-order valence-electron chi connectivity index (χ3n) is 3.00. The van der Waals surface area contributed by atoms with Crippen molar-refractivity contribution in [3.63, 3.8) is 0 Å². The van der Waals surface area contributed by atoms with Crippen molar-refractivity contribution >= 4 is 33.0 Å². The number of carbonyl (C=O) groups is 1. The molecule has 1 aromatic rings. The summed E-state index contributed by atoms with van der Waals surface area (Å²) >= 11 is 4.91. The number of morpholine rings is 1. The second-order valence-corrected chi connectivity index (χ2v) is 8.06. The summed E-state index contributed by atoms with van der Waals surface area (Å²) in [5, 5.41) is 1.94. The Bertz CT molecular complexity index is 466. The van der Waals surface area contributed by atoms with Crippen LogP contribution in [0, 0.1) is 0 Å². The molecule has 5 heteroatoms. The van der Waals surface area contributed by atoms with Crippen LogP contribution in [-0.2, 0) is 4.74 Å².